The number of aryl methyl sites for hydroxylation is 1. The van der Waals surface area contributed by atoms with Gasteiger partial charge in [-0.15, -0.1) is 9.89 Å². The molecule has 2 aromatic rings. The third kappa shape index (κ3) is 4.66. The van der Waals surface area contributed by atoms with Crippen LogP contribution < -0.4 is 5.43 Å². The van der Waals surface area contributed by atoms with Gasteiger partial charge < -0.3 is 9.84 Å². The molecule has 2 rings (SSSR count). The van der Waals surface area contributed by atoms with Gasteiger partial charge in [-0.05, 0) is 56.9 Å². The first kappa shape index (κ1) is 17.2. The number of nitrogens with zero attached hydrogens (tertiary/aromatic N) is 3. The number of ether oxygens (including phenoxy) is 1. The van der Waals surface area contributed by atoms with E-state index in [1.54, 1.807) is 20.8 Å². The van der Waals surface area contributed by atoms with Crippen LogP contribution in [-0.4, -0.2) is 38.0 Å². The lowest BCUT2D eigenvalue weighted by atomic mass is 10.0. The molecular formula is C16H24N4O3. The van der Waals surface area contributed by atoms with E-state index < -0.39 is 11.7 Å². The summed E-state index contributed by atoms with van der Waals surface area (Å²) in [6, 6.07) is 5.67. The number of benzene rings is 1. The highest BCUT2D eigenvalue weighted by Gasteiger charge is 2.18. The van der Waals surface area contributed by atoms with Crippen LogP contribution in [0.25, 0.3) is 11.0 Å². The highest BCUT2D eigenvalue weighted by molar-refractivity contribution is 5.82. The number of nitrogens with one attached hydrogen (secondary N) is 1. The van der Waals surface area contributed by atoms with Crippen molar-refractivity contribution in [1.82, 2.24) is 15.1 Å². The van der Waals surface area contributed by atoms with Crippen molar-refractivity contribution in [3.8, 4) is 0 Å². The van der Waals surface area contributed by atoms with Crippen molar-refractivity contribution in [3.63, 3.8) is 0 Å². The third-order valence-corrected chi connectivity index (χ3v) is 3.37. The molecule has 1 unspecified atom stereocenters. The topological polar surface area (TPSA) is 89.3 Å². The minimum atomic E-state index is -0.590. The molecule has 7 nitrogen and oxygen atoms in total. The van der Waals surface area contributed by atoms with Gasteiger partial charge in [-0.2, -0.15) is 0 Å². The summed E-state index contributed by atoms with van der Waals surface area (Å²) in [6.07, 6.45) is 1.10. The SMILES string of the molecule is CCC(O)CCc1cccc2nnn(NC(=O)OC(C)(C)C)c12. The molecule has 0 aliphatic heterocycles. The first-order chi connectivity index (χ1) is 10.8. The second-order valence-electron chi connectivity index (χ2n) is 6.50. The van der Waals surface area contributed by atoms with Crippen LogP contribution >= 0.6 is 0 Å². The Bertz CT molecular complexity index is 676. The smallest absolute Gasteiger partial charge is 0.428 e. The van der Waals surface area contributed by atoms with Gasteiger partial charge in [0, 0.05) is 0 Å². The molecule has 0 saturated heterocycles. The number of rotatable bonds is 5. The maximum atomic E-state index is 11.9. The predicted octanol–water partition coefficient (Wildman–Crippen LogP) is 2.61. The molecule has 1 atom stereocenters. The van der Waals surface area contributed by atoms with E-state index in [0.29, 0.717) is 24.8 Å². The predicted molar refractivity (Wildman–Crippen MR) is 87.7 cm³/mol. The van der Waals surface area contributed by atoms with Crippen molar-refractivity contribution in [1.29, 1.82) is 0 Å². The Kier molecular flexibility index (Phi) is 5.20. The Balaban J connectivity index is 2.22. The number of hydrogen-bond acceptors (Lipinski definition) is 5. The zero-order chi connectivity index (χ0) is 17.0. The van der Waals surface area contributed by atoms with E-state index in [0.717, 1.165) is 11.1 Å². The standard InChI is InChI=1S/C16H24N4O3/c1-5-12(21)10-9-11-7-6-8-13-14(11)20(19-17-13)18-15(22)23-16(2,3)4/h6-8,12,21H,5,9-10H2,1-4H3,(H,18,22). The van der Waals surface area contributed by atoms with Crippen molar-refractivity contribution in [3.05, 3.63) is 23.8 Å². The van der Waals surface area contributed by atoms with Gasteiger partial charge in [0.05, 0.1) is 6.10 Å². The minimum Gasteiger partial charge on any atom is -0.443 e. The van der Waals surface area contributed by atoms with Gasteiger partial charge in [-0.25, -0.2) is 10.2 Å². The van der Waals surface area contributed by atoms with Crippen LogP contribution in [0.4, 0.5) is 4.79 Å². The Morgan fingerprint density at radius 2 is 2.17 bits per heavy atom. The first-order valence-corrected chi connectivity index (χ1v) is 7.81. The summed E-state index contributed by atoms with van der Waals surface area (Å²) < 4.78 is 5.24. The Labute approximate surface area is 135 Å². The number of carbonyl (C=O) groups is 1. The van der Waals surface area contributed by atoms with Gasteiger partial charge in [0.2, 0.25) is 0 Å². The second-order valence-corrected chi connectivity index (χ2v) is 6.50. The summed E-state index contributed by atoms with van der Waals surface area (Å²) in [6.45, 7) is 7.33. The van der Waals surface area contributed by atoms with Gasteiger partial charge in [-0.3, -0.25) is 0 Å². The minimum absolute atomic E-state index is 0.339. The van der Waals surface area contributed by atoms with Crippen LogP contribution in [0.15, 0.2) is 18.2 Å². The molecule has 1 amide bonds. The molecule has 0 saturated carbocycles. The number of fused-ring (bicyclic) bond motifs is 1. The van der Waals surface area contributed by atoms with Crippen molar-refractivity contribution in [2.75, 3.05) is 5.43 Å². The lowest BCUT2D eigenvalue weighted by Gasteiger charge is -2.19. The lowest BCUT2D eigenvalue weighted by molar-refractivity contribution is 0.0610. The summed E-state index contributed by atoms with van der Waals surface area (Å²) >= 11 is 0. The van der Waals surface area contributed by atoms with Crippen LogP contribution in [0, 0.1) is 0 Å². The van der Waals surface area contributed by atoms with Gasteiger partial charge in [-0.1, -0.05) is 19.1 Å². The largest absolute Gasteiger partial charge is 0.443 e. The van der Waals surface area contributed by atoms with Gasteiger partial charge in [0.15, 0.2) is 0 Å². The van der Waals surface area contributed by atoms with Crippen molar-refractivity contribution < 1.29 is 14.6 Å². The molecule has 0 aliphatic rings. The van der Waals surface area contributed by atoms with Crippen LogP contribution in [0.1, 0.15) is 46.1 Å². The number of carbonyl (C=O) groups excluding carboxylic acids is 1. The monoisotopic (exact) mass is 320 g/mol. The number of para-hydroxylation sites is 1. The van der Waals surface area contributed by atoms with Gasteiger partial charge in [0.1, 0.15) is 16.6 Å². The average Bonchev–Trinajstić information content (AvgIpc) is 2.86. The van der Waals surface area contributed by atoms with E-state index >= 15 is 0 Å². The molecule has 1 aromatic carbocycles. The van der Waals surface area contributed by atoms with Crippen molar-refractivity contribution in [2.45, 2.75) is 58.7 Å². The second kappa shape index (κ2) is 6.95. The molecule has 7 heteroatoms. The molecule has 0 fully saturated rings. The van der Waals surface area contributed by atoms with E-state index in [1.807, 2.05) is 25.1 Å². The fourth-order valence-corrected chi connectivity index (χ4v) is 2.23. The van der Waals surface area contributed by atoms with E-state index in [4.69, 9.17) is 4.74 Å². The van der Waals surface area contributed by atoms with E-state index in [9.17, 15) is 9.90 Å². The van der Waals surface area contributed by atoms with Crippen LogP contribution in [-0.2, 0) is 11.2 Å². The maximum absolute atomic E-state index is 11.9. The van der Waals surface area contributed by atoms with E-state index in [1.165, 1.54) is 4.79 Å². The molecule has 23 heavy (non-hydrogen) atoms. The highest BCUT2D eigenvalue weighted by atomic mass is 16.6. The molecule has 0 spiro atoms. The Morgan fingerprint density at radius 1 is 1.43 bits per heavy atom. The molecule has 0 aliphatic carbocycles. The third-order valence-electron chi connectivity index (χ3n) is 3.37. The molecule has 2 N–H and O–H groups in total. The molecule has 1 aromatic heterocycles. The molecule has 0 radical (unpaired) electrons. The normalized spacial score (nSPS) is 13.1. The van der Waals surface area contributed by atoms with Gasteiger partial charge >= 0.3 is 6.09 Å². The number of aromatic nitrogens is 3. The Hall–Kier alpha value is -2.15. The zero-order valence-electron chi connectivity index (χ0n) is 14.0. The van der Waals surface area contributed by atoms with Crippen LogP contribution in [0.2, 0.25) is 0 Å². The number of aliphatic hydroxyl groups excluding tert-OH is 1. The summed E-state index contributed by atoms with van der Waals surface area (Å²) in [5, 5.41) is 17.8. The first-order valence-electron chi connectivity index (χ1n) is 7.81. The summed E-state index contributed by atoms with van der Waals surface area (Å²) in [5.41, 5.74) is 4.37. The number of hydrogen-bond donors (Lipinski definition) is 2. The lowest BCUT2D eigenvalue weighted by Crippen LogP contribution is -2.32. The van der Waals surface area contributed by atoms with E-state index in [2.05, 4.69) is 15.7 Å². The zero-order valence-corrected chi connectivity index (χ0v) is 14.0. The quantitative estimate of drug-likeness (QED) is 0.884. The Morgan fingerprint density at radius 3 is 2.83 bits per heavy atom. The molecule has 1 heterocycles. The van der Waals surface area contributed by atoms with Gasteiger partial charge in [0.25, 0.3) is 0 Å². The highest BCUT2D eigenvalue weighted by Crippen LogP contribution is 2.18. The van der Waals surface area contributed by atoms with Crippen LogP contribution in [0.3, 0.4) is 0 Å². The fourth-order valence-electron chi connectivity index (χ4n) is 2.23. The van der Waals surface area contributed by atoms with Crippen molar-refractivity contribution in [2.24, 2.45) is 0 Å². The van der Waals surface area contributed by atoms with E-state index in [-0.39, 0.29) is 6.10 Å². The van der Waals surface area contributed by atoms with Crippen molar-refractivity contribution >= 4 is 17.1 Å². The molecule has 0 bridgehead atoms. The number of amides is 1. The maximum Gasteiger partial charge on any atom is 0.428 e. The molecular weight excluding hydrogens is 296 g/mol. The number of aliphatic hydroxyl groups is 1. The summed E-state index contributed by atoms with van der Waals surface area (Å²) in [7, 11) is 0. The summed E-state index contributed by atoms with van der Waals surface area (Å²) in [5.74, 6) is 0. The molecule has 126 valence electrons. The van der Waals surface area contributed by atoms with Crippen LogP contribution in [0.5, 0.6) is 0 Å². The average molecular weight is 320 g/mol. The summed E-state index contributed by atoms with van der Waals surface area (Å²) in [4.78, 5) is 13.3. The fraction of sp³-hybridized carbons (Fsp3) is 0.562.